The van der Waals surface area contributed by atoms with Crippen LogP contribution in [0.2, 0.25) is 5.02 Å². The number of nitrogens with zero attached hydrogens (tertiary/aromatic N) is 2. The molecule has 5 nitrogen and oxygen atoms in total. The number of benzene rings is 3. The summed E-state index contributed by atoms with van der Waals surface area (Å²) >= 11 is 11.2. The van der Waals surface area contributed by atoms with Gasteiger partial charge in [0.25, 0.3) is 11.8 Å². The summed E-state index contributed by atoms with van der Waals surface area (Å²) in [5, 5.41) is 4.99. The van der Waals surface area contributed by atoms with Crippen molar-refractivity contribution in [1.82, 2.24) is 10.3 Å². The van der Waals surface area contributed by atoms with Gasteiger partial charge in [0.05, 0.1) is 16.7 Å². The van der Waals surface area contributed by atoms with E-state index in [9.17, 15) is 9.59 Å². The number of nitrogens with one attached hydrogen (secondary N) is 1. The molecule has 4 aromatic rings. The summed E-state index contributed by atoms with van der Waals surface area (Å²) in [6.07, 6.45) is 1.58. The Hall–Kier alpha value is -3.61. The quantitative estimate of drug-likeness (QED) is 0.208. The highest BCUT2D eigenvalue weighted by Gasteiger charge is 2.34. The van der Waals surface area contributed by atoms with Gasteiger partial charge in [-0.05, 0) is 66.3 Å². The van der Waals surface area contributed by atoms with Crippen LogP contribution in [0.25, 0.3) is 27.9 Å². The topological polar surface area (TPSA) is 62.3 Å². The number of thiocarbonyl (C=S) groups is 1. The van der Waals surface area contributed by atoms with E-state index in [4.69, 9.17) is 28.8 Å². The lowest BCUT2D eigenvalue weighted by atomic mass is 10.0. The zero-order valence-corrected chi connectivity index (χ0v) is 17.6. The van der Waals surface area contributed by atoms with Crippen LogP contribution < -0.4 is 10.2 Å². The molecule has 0 aliphatic carbocycles. The molecule has 1 aliphatic heterocycles. The maximum atomic E-state index is 13.2. The summed E-state index contributed by atoms with van der Waals surface area (Å²) in [7, 11) is 0. The highest BCUT2D eigenvalue weighted by molar-refractivity contribution is 7.80. The molecule has 150 valence electrons. The first kappa shape index (κ1) is 19.4. The van der Waals surface area contributed by atoms with Crippen molar-refractivity contribution in [1.29, 1.82) is 0 Å². The summed E-state index contributed by atoms with van der Waals surface area (Å²) in [4.78, 5) is 31.9. The minimum absolute atomic E-state index is 0.00999. The van der Waals surface area contributed by atoms with Crippen molar-refractivity contribution in [3.63, 3.8) is 0 Å². The van der Waals surface area contributed by atoms with E-state index in [2.05, 4.69) is 5.32 Å². The molecule has 31 heavy (non-hydrogen) atoms. The van der Waals surface area contributed by atoms with E-state index in [1.807, 2.05) is 48.5 Å². The molecular formula is C24H14ClN3O2S. The molecule has 1 aliphatic rings. The molecule has 0 saturated carbocycles. The van der Waals surface area contributed by atoms with Gasteiger partial charge in [-0.3, -0.25) is 19.8 Å². The van der Waals surface area contributed by atoms with Crippen LogP contribution in [0, 0.1) is 0 Å². The van der Waals surface area contributed by atoms with E-state index < -0.39 is 11.8 Å². The van der Waals surface area contributed by atoms with Gasteiger partial charge in [-0.25, -0.2) is 4.98 Å². The molecule has 1 N–H and O–H groups in total. The number of para-hydroxylation sites is 1. The zero-order valence-electron chi connectivity index (χ0n) is 16.0. The van der Waals surface area contributed by atoms with Gasteiger partial charge in [-0.1, -0.05) is 41.9 Å². The van der Waals surface area contributed by atoms with Crippen molar-refractivity contribution in [2.75, 3.05) is 4.90 Å². The second-order valence-corrected chi connectivity index (χ2v) is 7.85. The molecule has 0 unspecified atom stereocenters. The smallest absolute Gasteiger partial charge is 0.270 e. The fourth-order valence-electron chi connectivity index (χ4n) is 3.59. The van der Waals surface area contributed by atoms with E-state index in [0.29, 0.717) is 10.7 Å². The van der Waals surface area contributed by atoms with Crippen molar-refractivity contribution in [2.45, 2.75) is 0 Å². The lowest BCUT2D eigenvalue weighted by Gasteiger charge is -2.29. The summed E-state index contributed by atoms with van der Waals surface area (Å²) in [6, 6.07) is 22.1. The summed E-state index contributed by atoms with van der Waals surface area (Å²) in [5.41, 5.74) is 2.89. The summed E-state index contributed by atoms with van der Waals surface area (Å²) < 4.78 is 0. The molecule has 0 atom stereocenters. The number of pyridine rings is 1. The minimum Gasteiger partial charge on any atom is -0.298 e. The third-order valence-electron chi connectivity index (χ3n) is 5.08. The van der Waals surface area contributed by atoms with Crippen LogP contribution in [0.4, 0.5) is 5.69 Å². The summed E-state index contributed by atoms with van der Waals surface area (Å²) in [5.74, 6) is -1.03. The maximum absolute atomic E-state index is 13.2. The molecule has 0 spiro atoms. The van der Waals surface area contributed by atoms with Crippen molar-refractivity contribution in [3.8, 4) is 0 Å². The van der Waals surface area contributed by atoms with Crippen LogP contribution in [-0.4, -0.2) is 21.9 Å². The monoisotopic (exact) mass is 443 g/mol. The first-order valence-corrected chi connectivity index (χ1v) is 10.3. The SMILES string of the molecule is O=C1NC(=S)N(c2ccc(Cl)cc2)C(=O)C1=Cc1cccc2nc3ccccc3cc12. The number of halogens is 1. The predicted octanol–water partition coefficient (Wildman–Crippen LogP) is 4.87. The highest BCUT2D eigenvalue weighted by atomic mass is 35.5. The number of anilines is 1. The third-order valence-corrected chi connectivity index (χ3v) is 5.62. The number of carbonyl (C=O) groups excluding carboxylic acids is 2. The Morgan fingerprint density at radius 3 is 2.48 bits per heavy atom. The van der Waals surface area contributed by atoms with E-state index in [1.165, 1.54) is 4.90 Å². The second kappa shape index (κ2) is 7.58. The average molecular weight is 444 g/mol. The van der Waals surface area contributed by atoms with Crippen LogP contribution in [0.3, 0.4) is 0 Å². The molecule has 3 aromatic carbocycles. The third kappa shape index (κ3) is 3.46. The van der Waals surface area contributed by atoms with E-state index in [-0.39, 0.29) is 10.7 Å². The molecule has 2 heterocycles. The van der Waals surface area contributed by atoms with Gasteiger partial charge in [0.1, 0.15) is 5.57 Å². The molecule has 2 amide bonds. The van der Waals surface area contributed by atoms with Gasteiger partial charge in [-0.2, -0.15) is 0 Å². The van der Waals surface area contributed by atoms with E-state index >= 15 is 0 Å². The Balaban J connectivity index is 1.63. The first-order chi connectivity index (χ1) is 15.0. The predicted molar refractivity (Wildman–Crippen MR) is 127 cm³/mol. The number of carbonyl (C=O) groups is 2. The summed E-state index contributed by atoms with van der Waals surface area (Å²) in [6.45, 7) is 0. The number of hydrogen-bond acceptors (Lipinski definition) is 4. The lowest BCUT2D eigenvalue weighted by Crippen LogP contribution is -2.54. The van der Waals surface area contributed by atoms with Crippen molar-refractivity contribution < 1.29 is 9.59 Å². The number of hydrogen-bond donors (Lipinski definition) is 1. The Kier molecular flexibility index (Phi) is 4.73. The Morgan fingerprint density at radius 1 is 0.935 bits per heavy atom. The molecule has 5 rings (SSSR count). The molecule has 7 heteroatoms. The Labute approximate surface area is 187 Å². The average Bonchev–Trinajstić information content (AvgIpc) is 2.76. The normalized spacial score (nSPS) is 15.7. The van der Waals surface area contributed by atoms with Gasteiger partial charge in [0.15, 0.2) is 5.11 Å². The molecule has 1 fully saturated rings. The molecule has 0 radical (unpaired) electrons. The first-order valence-electron chi connectivity index (χ1n) is 9.47. The number of amides is 2. The van der Waals surface area contributed by atoms with Crippen molar-refractivity contribution >= 4 is 74.3 Å². The number of rotatable bonds is 2. The largest absolute Gasteiger partial charge is 0.298 e. The van der Waals surface area contributed by atoms with Crippen LogP contribution in [0.1, 0.15) is 5.56 Å². The molecular weight excluding hydrogens is 430 g/mol. The van der Waals surface area contributed by atoms with Gasteiger partial charge < -0.3 is 0 Å². The second-order valence-electron chi connectivity index (χ2n) is 7.03. The van der Waals surface area contributed by atoms with Gasteiger partial charge in [-0.15, -0.1) is 0 Å². The minimum atomic E-state index is -0.536. The van der Waals surface area contributed by atoms with E-state index in [0.717, 1.165) is 27.4 Å². The standard InChI is InChI=1S/C24H14ClN3O2S/c25-16-8-10-17(11-9-16)28-23(30)19(22(29)27-24(28)31)12-14-5-3-7-21-18(14)13-15-4-1-2-6-20(15)26-21/h1-13H,(H,27,29,31). The van der Waals surface area contributed by atoms with Crippen molar-refractivity contribution in [3.05, 3.63) is 89.0 Å². The lowest BCUT2D eigenvalue weighted by molar-refractivity contribution is -0.122. The maximum Gasteiger partial charge on any atom is 0.270 e. The fourth-order valence-corrected chi connectivity index (χ4v) is 3.99. The van der Waals surface area contributed by atoms with Crippen LogP contribution >= 0.6 is 23.8 Å². The molecule has 1 aromatic heterocycles. The molecule has 1 saturated heterocycles. The van der Waals surface area contributed by atoms with Crippen molar-refractivity contribution in [2.24, 2.45) is 0 Å². The number of aromatic nitrogens is 1. The Bertz CT molecular complexity index is 1430. The fraction of sp³-hybridized carbons (Fsp3) is 0. The van der Waals surface area contributed by atoms with Gasteiger partial charge in [0, 0.05) is 15.8 Å². The van der Waals surface area contributed by atoms with Gasteiger partial charge >= 0.3 is 0 Å². The van der Waals surface area contributed by atoms with Crippen LogP contribution in [0.15, 0.2) is 78.4 Å². The van der Waals surface area contributed by atoms with Gasteiger partial charge in [0.2, 0.25) is 0 Å². The van der Waals surface area contributed by atoms with E-state index in [1.54, 1.807) is 30.3 Å². The zero-order chi connectivity index (χ0) is 21.5. The highest BCUT2D eigenvalue weighted by Crippen LogP contribution is 2.27. The van der Waals surface area contributed by atoms with Crippen LogP contribution in [0.5, 0.6) is 0 Å². The molecule has 0 bridgehead atoms. The number of fused-ring (bicyclic) bond motifs is 2. The van der Waals surface area contributed by atoms with Crippen LogP contribution in [-0.2, 0) is 9.59 Å². The Morgan fingerprint density at radius 2 is 1.68 bits per heavy atom.